The van der Waals surface area contributed by atoms with Gasteiger partial charge in [-0.3, -0.25) is 9.48 Å². The van der Waals surface area contributed by atoms with Crippen molar-refractivity contribution in [2.75, 3.05) is 19.0 Å². The van der Waals surface area contributed by atoms with Crippen molar-refractivity contribution in [3.05, 3.63) is 97.9 Å². The van der Waals surface area contributed by atoms with Crippen LogP contribution in [0.3, 0.4) is 0 Å². The smallest absolute Gasteiger partial charge is 0.337 e. The molecule has 0 unspecified atom stereocenters. The molecule has 0 radical (unpaired) electrons. The molecule has 0 spiro atoms. The maximum absolute atomic E-state index is 13.8. The zero-order valence-electron chi connectivity index (χ0n) is 25.5. The van der Waals surface area contributed by atoms with Gasteiger partial charge in [0.05, 0.1) is 35.5 Å². The number of hydrogen-bond acceptors (Lipinski definition) is 5. The zero-order valence-corrected chi connectivity index (χ0v) is 27.0. The Hall–Kier alpha value is -4.27. The molecular weight excluding hydrogens is 599 g/mol. The number of aryl methyl sites for hydroxylation is 5. The Labute approximate surface area is 266 Å². The highest BCUT2D eigenvalue weighted by Gasteiger charge is 2.24. The van der Waals surface area contributed by atoms with E-state index in [1.807, 2.05) is 63.7 Å². The minimum absolute atomic E-state index is 0.311. The van der Waals surface area contributed by atoms with Gasteiger partial charge in [0, 0.05) is 40.0 Å². The summed E-state index contributed by atoms with van der Waals surface area (Å²) in [5, 5.41) is 9.76. The first-order valence-electron chi connectivity index (χ1n) is 14.2. The van der Waals surface area contributed by atoms with Gasteiger partial charge >= 0.3 is 5.97 Å². The molecule has 228 valence electrons. The number of amides is 1. The van der Waals surface area contributed by atoms with Gasteiger partial charge in [-0.1, -0.05) is 29.3 Å². The van der Waals surface area contributed by atoms with Crippen LogP contribution in [0, 0.1) is 27.7 Å². The minimum atomic E-state index is -0.447. The maximum atomic E-state index is 13.8. The van der Waals surface area contributed by atoms with Crippen LogP contribution in [0.5, 0.6) is 5.75 Å². The predicted octanol–water partition coefficient (Wildman–Crippen LogP) is 8.16. The van der Waals surface area contributed by atoms with E-state index in [4.69, 9.17) is 32.7 Å². The summed E-state index contributed by atoms with van der Waals surface area (Å²) in [7, 11) is 3.22. The molecule has 5 rings (SSSR count). The first kappa shape index (κ1) is 31.2. The lowest BCUT2D eigenvalue weighted by Gasteiger charge is -2.11. The molecule has 0 saturated carbocycles. The third-order valence-electron chi connectivity index (χ3n) is 7.83. The lowest BCUT2D eigenvalue weighted by Crippen LogP contribution is -2.15. The fourth-order valence-corrected chi connectivity index (χ4v) is 5.92. The van der Waals surface area contributed by atoms with Crippen LogP contribution in [0.2, 0.25) is 10.0 Å². The number of carbonyl (C=O) groups is 2. The first-order chi connectivity index (χ1) is 21.0. The standard InChI is InChI=1S/C34H34Cl2N4O4/c1-18-16-24(17-19(2)30(18)36)44-15-7-8-25-26-13-14-27(35)29(28-20(3)39-40(5)21(28)4)31(26)38-32(25)33(41)37-23-11-9-22(10-12-23)34(42)43-6/h9-14,16-17,38H,7-8,15H2,1-6H3,(H,37,41). The third-order valence-corrected chi connectivity index (χ3v) is 8.74. The molecule has 0 aliphatic rings. The van der Waals surface area contributed by atoms with E-state index >= 15 is 0 Å². The van der Waals surface area contributed by atoms with Crippen molar-refractivity contribution in [2.45, 2.75) is 40.5 Å². The number of ether oxygens (including phenoxy) is 2. The zero-order chi connectivity index (χ0) is 31.7. The van der Waals surface area contributed by atoms with Crippen molar-refractivity contribution in [1.82, 2.24) is 14.8 Å². The monoisotopic (exact) mass is 632 g/mol. The number of carbonyl (C=O) groups excluding carboxylic acids is 2. The number of nitrogens with zero attached hydrogens (tertiary/aromatic N) is 2. The van der Waals surface area contributed by atoms with Crippen LogP contribution in [0.4, 0.5) is 5.69 Å². The third kappa shape index (κ3) is 6.05. The molecule has 2 aromatic heterocycles. The Morgan fingerprint density at radius 2 is 1.66 bits per heavy atom. The van der Waals surface area contributed by atoms with E-state index in [0.717, 1.165) is 60.9 Å². The van der Waals surface area contributed by atoms with Gasteiger partial charge in [0.15, 0.2) is 0 Å². The lowest BCUT2D eigenvalue weighted by molar-refractivity contribution is 0.0600. The number of H-pyrrole nitrogens is 1. The van der Waals surface area contributed by atoms with Gasteiger partial charge in [0.25, 0.3) is 5.91 Å². The minimum Gasteiger partial charge on any atom is -0.494 e. The van der Waals surface area contributed by atoms with Gasteiger partial charge in [-0.25, -0.2) is 4.79 Å². The molecule has 0 aliphatic carbocycles. The molecule has 5 aromatic rings. The number of anilines is 1. The van der Waals surface area contributed by atoms with E-state index in [2.05, 4.69) is 15.4 Å². The summed E-state index contributed by atoms with van der Waals surface area (Å²) in [5.74, 6) is -0.000742. The van der Waals surface area contributed by atoms with Crippen LogP contribution >= 0.6 is 23.2 Å². The Bertz CT molecular complexity index is 1870. The van der Waals surface area contributed by atoms with Gasteiger partial charge in [0.2, 0.25) is 0 Å². The first-order valence-corrected chi connectivity index (χ1v) is 15.0. The fourth-order valence-electron chi connectivity index (χ4n) is 5.56. The van der Waals surface area contributed by atoms with Crippen LogP contribution in [-0.4, -0.2) is 40.4 Å². The topological polar surface area (TPSA) is 98.2 Å². The normalized spacial score (nSPS) is 11.2. The summed E-state index contributed by atoms with van der Waals surface area (Å²) in [5.41, 5.74) is 8.45. The number of halogens is 2. The predicted molar refractivity (Wildman–Crippen MR) is 175 cm³/mol. The fraction of sp³-hybridized carbons (Fsp3) is 0.265. The van der Waals surface area contributed by atoms with Crippen molar-refractivity contribution in [2.24, 2.45) is 7.05 Å². The summed E-state index contributed by atoms with van der Waals surface area (Å²) in [4.78, 5) is 29.0. The van der Waals surface area contributed by atoms with Crippen molar-refractivity contribution in [3.63, 3.8) is 0 Å². The Morgan fingerprint density at radius 1 is 0.977 bits per heavy atom. The molecule has 3 aromatic carbocycles. The second-order valence-corrected chi connectivity index (χ2v) is 11.6. The quantitative estimate of drug-likeness (QED) is 0.126. The van der Waals surface area contributed by atoms with Gasteiger partial charge in [-0.2, -0.15) is 5.10 Å². The van der Waals surface area contributed by atoms with Crippen LogP contribution in [0.1, 0.15) is 55.3 Å². The lowest BCUT2D eigenvalue weighted by atomic mass is 9.98. The molecule has 0 atom stereocenters. The van der Waals surface area contributed by atoms with Crippen molar-refractivity contribution >= 4 is 51.7 Å². The number of esters is 1. The summed E-state index contributed by atoms with van der Waals surface area (Å²) >= 11 is 13.1. The molecule has 10 heteroatoms. The Balaban J connectivity index is 1.50. The Morgan fingerprint density at radius 3 is 2.27 bits per heavy atom. The van der Waals surface area contributed by atoms with Crippen LogP contribution in [0.25, 0.3) is 22.0 Å². The van der Waals surface area contributed by atoms with Crippen molar-refractivity contribution in [3.8, 4) is 16.9 Å². The number of nitrogens with one attached hydrogen (secondary N) is 2. The average molecular weight is 634 g/mol. The highest BCUT2D eigenvalue weighted by molar-refractivity contribution is 6.35. The molecule has 0 saturated heterocycles. The summed E-state index contributed by atoms with van der Waals surface area (Å²) in [6.45, 7) is 8.30. The number of fused-ring (bicyclic) bond motifs is 1. The molecule has 0 fully saturated rings. The molecule has 0 aliphatic heterocycles. The van der Waals surface area contributed by atoms with Crippen LogP contribution in [0.15, 0.2) is 48.5 Å². The molecule has 2 N–H and O–H groups in total. The second-order valence-electron chi connectivity index (χ2n) is 10.8. The van der Waals surface area contributed by atoms with Crippen LogP contribution < -0.4 is 10.1 Å². The highest BCUT2D eigenvalue weighted by atomic mass is 35.5. The summed E-state index contributed by atoms with van der Waals surface area (Å²) < 4.78 is 12.7. The van der Waals surface area contributed by atoms with Gasteiger partial charge < -0.3 is 19.8 Å². The molecule has 8 nitrogen and oxygen atoms in total. The van der Waals surface area contributed by atoms with Crippen molar-refractivity contribution < 1.29 is 19.1 Å². The van der Waals surface area contributed by atoms with E-state index in [0.29, 0.717) is 41.4 Å². The second kappa shape index (κ2) is 12.8. The largest absolute Gasteiger partial charge is 0.494 e. The number of rotatable bonds is 9. The van der Waals surface area contributed by atoms with E-state index in [-0.39, 0.29) is 5.91 Å². The number of methoxy groups -OCH3 is 1. The molecule has 2 heterocycles. The van der Waals surface area contributed by atoms with Crippen LogP contribution in [-0.2, 0) is 18.2 Å². The van der Waals surface area contributed by atoms with Gasteiger partial charge in [-0.15, -0.1) is 0 Å². The van der Waals surface area contributed by atoms with Gasteiger partial charge in [0.1, 0.15) is 11.4 Å². The SMILES string of the molecule is COC(=O)c1ccc(NC(=O)c2[nH]c3c(-c4c(C)nn(C)c4C)c(Cl)ccc3c2CCCOc2cc(C)c(Cl)c(C)c2)cc1. The molecule has 1 amide bonds. The highest BCUT2D eigenvalue weighted by Crippen LogP contribution is 2.40. The summed E-state index contributed by atoms with van der Waals surface area (Å²) in [6.07, 6.45) is 1.23. The number of aromatic amines is 1. The average Bonchev–Trinajstić information content (AvgIpc) is 3.49. The number of hydrogen-bond donors (Lipinski definition) is 2. The maximum Gasteiger partial charge on any atom is 0.337 e. The van der Waals surface area contributed by atoms with Gasteiger partial charge in [-0.05, 0) is 99.7 Å². The number of aromatic nitrogens is 3. The molecule has 0 bridgehead atoms. The molecule has 44 heavy (non-hydrogen) atoms. The van der Waals surface area contributed by atoms with E-state index in [1.54, 1.807) is 24.3 Å². The Kier molecular flexibility index (Phi) is 9.04. The van der Waals surface area contributed by atoms with E-state index in [9.17, 15) is 9.59 Å². The summed E-state index contributed by atoms with van der Waals surface area (Å²) in [6, 6.07) is 14.2. The van der Waals surface area contributed by atoms with Crippen molar-refractivity contribution in [1.29, 1.82) is 0 Å². The number of benzene rings is 3. The van der Waals surface area contributed by atoms with E-state index < -0.39 is 5.97 Å². The van der Waals surface area contributed by atoms with E-state index in [1.165, 1.54) is 7.11 Å². The molecular formula is C34H34Cl2N4O4.